The molecule has 1 N–H and O–H groups in total. The van der Waals surface area contributed by atoms with Crippen molar-refractivity contribution in [1.82, 2.24) is 25.5 Å². The summed E-state index contributed by atoms with van der Waals surface area (Å²) in [6.07, 6.45) is 1.41. The van der Waals surface area contributed by atoms with E-state index in [9.17, 15) is 4.79 Å². The van der Waals surface area contributed by atoms with Crippen molar-refractivity contribution in [2.75, 3.05) is 7.11 Å². The minimum absolute atomic E-state index is 0.301. The number of rotatable bonds is 5. The zero-order chi connectivity index (χ0) is 20.5. The first kappa shape index (κ1) is 18.9. The lowest BCUT2D eigenvalue weighted by molar-refractivity contribution is 0.0932. The summed E-state index contributed by atoms with van der Waals surface area (Å²) in [5.41, 5.74) is 2.58. The largest absolute Gasteiger partial charge is 0.496 e. The quantitative estimate of drug-likeness (QED) is 0.535. The highest BCUT2D eigenvalue weighted by Gasteiger charge is 2.22. The Morgan fingerprint density at radius 1 is 1.31 bits per heavy atom. The Morgan fingerprint density at radius 2 is 2.10 bits per heavy atom. The molecule has 1 unspecified atom stereocenters. The number of para-hydroxylation sites is 1. The molecule has 0 radical (unpaired) electrons. The van der Waals surface area contributed by atoms with Crippen LogP contribution in [0.4, 0.5) is 0 Å². The van der Waals surface area contributed by atoms with Crippen LogP contribution < -0.4 is 10.1 Å². The van der Waals surface area contributed by atoms with Crippen molar-refractivity contribution in [2.24, 2.45) is 0 Å². The third-order valence-corrected chi connectivity index (χ3v) is 5.03. The number of benzene rings is 2. The van der Waals surface area contributed by atoms with E-state index in [1.54, 1.807) is 6.07 Å². The molecule has 9 heteroatoms. The lowest BCUT2D eigenvalue weighted by Gasteiger charge is -2.16. The average Bonchev–Trinajstić information content (AvgIpc) is 3.36. The lowest BCUT2D eigenvalue weighted by atomic mass is 10.1. The first-order chi connectivity index (χ1) is 14.0. The van der Waals surface area contributed by atoms with E-state index in [1.165, 1.54) is 24.2 Å². The summed E-state index contributed by atoms with van der Waals surface area (Å²) in [4.78, 5) is 12.9. The second-order valence-electron chi connectivity index (χ2n) is 6.54. The summed E-state index contributed by atoms with van der Waals surface area (Å²) >= 11 is 6.36. The van der Waals surface area contributed by atoms with Gasteiger partial charge in [0.25, 0.3) is 5.91 Å². The predicted octanol–water partition coefficient (Wildman–Crippen LogP) is 3.87. The fourth-order valence-electron chi connectivity index (χ4n) is 3.28. The number of aryl methyl sites for hydroxylation is 1. The number of nitrogens with zero attached hydrogens (tertiary/aromatic N) is 4. The van der Waals surface area contributed by atoms with Gasteiger partial charge in [-0.3, -0.25) is 4.79 Å². The smallest absolute Gasteiger partial charge is 0.255 e. The fourth-order valence-corrected chi connectivity index (χ4v) is 3.53. The van der Waals surface area contributed by atoms with Crippen molar-refractivity contribution in [2.45, 2.75) is 19.9 Å². The van der Waals surface area contributed by atoms with E-state index in [0.717, 1.165) is 16.5 Å². The van der Waals surface area contributed by atoms with Crippen LogP contribution in [0.1, 0.15) is 34.6 Å². The van der Waals surface area contributed by atoms with Gasteiger partial charge in [0.05, 0.1) is 29.4 Å². The minimum atomic E-state index is -0.349. The van der Waals surface area contributed by atoms with Crippen molar-refractivity contribution < 1.29 is 13.9 Å². The van der Waals surface area contributed by atoms with Crippen molar-refractivity contribution >= 4 is 28.5 Å². The van der Waals surface area contributed by atoms with Crippen LogP contribution in [0.25, 0.3) is 16.7 Å². The molecule has 0 spiro atoms. The number of hydrogen-bond acceptors (Lipinski definition) is 6. The first-order valence-corrected chi connectivity index (χ1v) is 9.27. The summed E-state index contributed by atoms with van der Waals surface area (Å²) in [6.45, 7) is 3.84. The highest BCUT2D eigenvalue weighted by Crippen LogP contribution is 2.32. The monoisotopic (exact) mass is 411 g/mol. The van der Waals surface area contributed by atoms with Crippen molar-refractivity contribution in [1.29, 1.82) is 0 Å². The number of tetrazole rings is 1. The molecule has 0 aliphatic carbocycles. The zero-order valence-corrected chi connectivity index (χ0v) is 16.8. The molecule has 1 atom stereocenters. The molecule has 0 fully saturated rings. The summed E-state index contributed by atoms with van der Waals surface area (Å²) in [5, 5.41) is 15.3. The van der Waals surface area contributed by atoms with Gasteiger partial charge in [0.1, 0.15) is 23.4 Å². The first-order valence-electron chi connectivity index (χ1n) is 8.89. The number of hydrogen-bond donors (Lipinski definition) is 1. The van der Waals surface area contributed by atoms with Crippen LogP contribution >= 0.6 is 11.6 Å². The number of halogens is 1. The Morgan fingerprint density at radius 3 is 2.79 bits per heavy atom. The summed E-state index contributed by atoms with van der Waals surface area (Å²) < 4.78 is 12.7. The molecular formula is C20H18ClN5O3. The van der Waals surface area contributed by atoms with Crippen LogP contribution in [0.5, 0.6) is 5.75 Å². The average molecular weight is 412 g/mol. The molecule has 2 heterocycles. The van der Waals surface area contributed by atoms with E-state index in [4.69, 9.17) is 20.8 Å². The topological polar surface area (TPSA) is 95.1 Å². The van der Waals surface area contributed by atoms with Crippen LogP contribution in [-0.2, 0) is 0 Å². The predicted molar refractivity (Wildman–Crippen MR) is 108 cm³/mol. The molecule has 4 rings (SSSR count). The number of nitrogens with one attached hydrogen (secondary N) is 1. The summed E-state index contributed by atoms with van der Waals surface area (Å²) in [6, 6.07) is 10.6. The number of amides is 1. The highest BCUT2D eigenvalue weighted by molar-refractivity contribution is 6.33. The van der Waals surface area contributed by atoms with Crippen LogP contribution in [0.2, 0.25) is 5.02 Å². The van der Waals surface area contributed by atoms with Gasteiger partial charge in [-0.2, -0.15) is 4.68 Å². The molecule has 0 bridgehead atoms. The Labute approximate surface area is 171 Å². The number of ether oxygens (including phenoxy) is 1. The second-order valence-corrected chi connectivity index (χ2v) is 6.95. The SMILES string of the molecule is COc1cc(-n2cnnn2)c(Cl)cc1C(=O)NC(C)c1oc2ccccc2c1C. The van der Waals surface area contributed by atoms with E-state index in [-0.39, 0.29) is 11.9 Å². The van der Waals surface area contributed by atoms with E-state index in [2.05, 4.69) is 20.8 Å². The molecule has 0 aliphatic heterocycles. The van der Waals surface area contributed by atoms with Gasteiger partial charge in [-0.05, 0) is 36.4 Å². The number of carbonyl (C=O) groups is 1. The molecule has 29 heavy (non-hydrogen) atoms. The van der Waals surface area contributed by atoms with Crippen molar-refractivity contribution in [3.05, 3.63) is 64.6 Å². The highest BCUT2D eigenvalue weighted by atomic mass is 35.5. The fraction of sp³-hybridized carbons (Fsp3) is 0.200. The van der Waals surface area contributed by atoms with Gasteiger partial charge in [-0.1, -0.05) is 29.8 Å². The number of furan rings is 1. The molecule has 1 amide bonds. The van der Waals surface area contributed by atoms with Gasteiger partial charge in [-0.25, -0.2) is 0 Å². The minimum Gasteiger partial charge on any atom is -0.496 e. The number of fused-ring (bicyclic) bond motifs is 1. The lowest BCUT2D eigenvalue weighted by Crippen LogP contribution is -2.27. The molecule has 4 aromatic rings. The molecule has 0 aliphatic rings. The van der Waals surface area contributed by atoms with Gasteiger partial charge in [-0.15, -0.1) is 5.10 Å². The molecule has 0 saturated heterocycles. The standard InChI is InChI=1S/C20H18ClN5O3/c1-11-13-6-4-5-7-17(13)29-19(11)12(2)23-20(27)14-8-15(21)16(9-18(14)28-3)26-10-22-24-25-26/h4-10,12H,1-3H3,(H,23,27). The Balaban J connectivity index is 1.64. The van der Waals surface area contributed by atoms with Crippen LogP contribution in [0.3, 0.4) is 0 Å². The second kappa shape index (κ2) is 7.56. The van der Waals surface area contributed by atoms with E-state index >= 15 is 0 Å². The van der Waals surface area contributed by atoms with Gasteiger partial charge < -0.3 is 14.5 Å². The molecule has 148 valence electrons. The Bertz CT molecular complexity index is 1190. The number of methoxy groups -OCH3 is 1. The van der Waals surface area contributed by atoms with Gasteiger partial charge in [0.15, 0.2) is 0 Å². The van der Waals surface area contributed by atoms with Gasteiger partial charge in [0.2, 0.25) is 0 Å². The number of carbonyl (C=O) groups excluding carboxylic acids is 1. The van der Waals surface area contributed by atoms with Crippen molar-refractivity contribution in [3.8, 4) is 11.4 Å². The molecular weight excluding hydrogens is 394 g/mol. The van der Waals surface area contributed by atoms with Crippen molar-refractivity contribution in [3.63, 3.8) is 0 Å². The van der Waals surface area contributed by atoms with Gasteiger partial charge in [0, 0.05) is 17.0 Å². The third kappa shape index (κ3) is 3.42. The summed E-state index contributed by atoms with van der Waals surface area (Å²) in [5.74, 6) is 0.722. The normalized spacial score (nSPS) is 12.1. The Hall–Kier alpha value is -3.39. The van der Waals surface area contributed by atoms with E-state index in [1.807, 2.05) is 38.1 Å². The Kier molecular flexibility index (Phi) is 4.94. The summed E-state index contributed by atoms with van der Waals surface area (Å²) in [7, 11) is 1.48. The number of aromatic nitrogens is 4. The molecule has 8 nitrogen and oxygen atoms in total. The third-order valence-electron chi connectivity index (χ3n) is 4.73. The molecule has 2 aromatic heterocycles. The maximum atomic E-state index is 12.9. The molecule has 0 saturated carbocycles. The van der Waals surface area contributed by atoms with Crippen LogP contribution in [0.15, 0.2) is 47.1 Å². The van der Waals surface area contributed by atoms with E-state index in [0.29, 0.717) is 27.8 Å². The van der Waals surface area contributed by atoms with E-state index < -0.39 is 0 Å². The maximum absolute atomic E-state index is 12.9. The van der Waals surface area contributed by atoms with Crippen LogP contribution in [0, 0.1) is 6.92 Å². The van der Waals surface area contributed by atoms with Gasteiger partial charge >= 0.3 is 0 Å². The zero-order valence-electron chi connectivity index (χ0n) is 16.0. The maximum Gasteiger partial charge on any atom is 0.255 e. The molecule has 2 aromatic carbocycles. The van der Waals surface area contributed by atoms with Crippen LogP contribution in [-0.4, -0.2) is 33.2 Å².